The van der Waals surface area contributed by atoms with Gasteiger partial charge in [-0.25, -0.2) is 15.0 Å². The average Bonchev–Trinajstić information content (AvgIpc) is 2.73. The minimum absolute atomic E-state index is 0.0861. The van der Waals surface area contributed by atoms with Crippen LogP contribution in [-0.2, 0) is 10.8 Å². The standard InChI is InChI=1S/C31H40N2S/c1-30(2,3)23-15-16-25-22(18-23)17-21-13-14-24(31(4,5)6)19-26(21)29(25)27-11-10-12-28(33-27)32-20-34(7,8)9/h10-19H,20H2,1-9H3,(H,32,33). The maximum absolute atomic E-state index is 5.11. The largest absolute Gasteiger partial charge is 0.363 e. The van der Waals surface area contributed by atoms with Crippen LogP contribution in [0.1, 0.15) is 52.7 Å². The topological polar surface area (TPSA) is 24.9 Å². The number of pyridine rings is 1. The molecule has 4 rings (SSSR count). The number of rotatable bonds is 4. The van der Waals surface area contributed by atoms with E-state index in [0.717, 1.165) is 17.4 Å². The molecule has 3 heteroatoms. The first-order valence-electron chi connectivity index (χ1n) is 12.1. The number of anilines is 1. The van der Waals surface area contributed by atoms with Crippen molar-refractivity contribution >= 4 is 37.4 Å². The van der Waals surface area contributed by atoms with Crippen molar-refractivity contribution in [1.29, 1.82) is 0 Å². The number of aromatic nitrogens is 1. The summed E-state index contributed by atoms with van der Waals surface area (Å²) < 4.78 is 0. The number of hydrogen-bond acceptors (Lipinski definition) is 2. The molecule has 1 N–H and O–H groups in total. The highest BCUT2D eigenvalue weighted by atomic mass is 32.3. The molecule has 0 amide bonds. The van der Waals surface area contributed by atoms with Crippen molar-refractivity contribution in [2.45, 2.75) is 52.4 Å². The molecule has 0 radical (unpaired) electrons. The van der Waals surface area contributed by atoms with Crippen molar-refractivity contribution in [2.75, 3.05) is 30.0 Å². The second-order valence-electron chi connectivity index (χ2n) is 12.4. The predicted molar refractivity (Wildman–Crippen MR) is 156 cm³/mol. The first-order chi connectivity index (χ1) is 15.7. The Labute approximate surface area is 207 Å². The van der Waals surface area contributed by atoms with Gasteiger partial charge in [0.05, 0.1) is 5.69 Å². The van der Waals surface area contributed by atoms with E-state index in [1.165, 1.54) is 38.2 Å². The summed E-state index contributed by atoms with van der Waals surface area (Å²) in [4.78, 5) is 5.11. The summed E-state index contributed by atoms with van der Waals surface area (Å²) in [7, 11) is -0.661. The minimum Gasteiger partial charge on any atom is -0.363 e. The van der Waals surface area contributed by atoms with Gasteiger partial charge in [-0.2, -0.15) is 0 Å². The Morgan fingerprint density at radius 1 is 0.706 bits per heavy atom. The zero-order valence-corrected chi connectivity index (χ0v) is 23.2. The Hall–Kier alpha value is -2.52. The van der Waals surface area contributed by atoms with Crippen LogP contribution in [-0.4, -0.2) is 29.6 Å². The summed E-state index contributed by atoms with van der Waals surface area (Å²) in [5.74, 6) is 1.91. The van der Waals surface area contributed by atoms with Crippen LogP contribution in [0.15, 0.2) is 60.7 Å². The lowest BCUT2D eigenvalue weighted by Crippen LogP contribution is -2.11. The lowest BCUT2D eigenvalue weighted by Gasteiger charge is -2.25. The molecule has 0 aliphatic rings. The fourth-order valence-electron chi connectivity index (χ4n) is 4.29. The van der Waals surface area contributed by atoms with Crippen LogP contribution in [0, 0.1) is 0 Å². The Morgan fingerprint density at radius 2 is 1.35 bits per heavy atom. The monoisotopic (exact) mass is 472 g/mol. The molecule has 0 spiro atoms. The van der Waals surface area contributed by atoms with E-state index in [9.17, 15) is 0 Å². The van der Waals surface area contributed by atoms with E-state index >= 15 is 0 Å². The maximum atomic E-state index is 5.11. The molecule has 0 fully saturated rings. The normalized spacial score (nSPS) is 13.4. The van der Waals surface area contributed by atoms with E-state index in [2.05, 4.69) is 126 Å². The van der Waals surface area contributed by atoms with E-state index in [1.54, 1.807) is 0 Å². The van der Waals surface area contributed by atoms with Gasteiger partial charge < -0.3 is 5.32 Å². The molecule has 0 bridgehead atoms. The molecule has 1 heterocycles. The third-order valence-electron chi connectivity index (χ3n) is 6.38. The molecule has 4 aromatic rings. The Morgan fingerprint density at radius 3 is 2.00 bits per heavy atom. The molecule has 0 aliphatic heterocycles. The number of nitrogens with zero attached hydrogens (tertiary/aromatic N) is 1. The third-order valence-corrected chi connectivity index (χ3v) is 7.39. The van der Waals surface area contributed by atoms with Crippen molar-refractivity contribution in [3.63, 3.8) is 0 Å². The van der Waals surface area contributed by atoms with Gasteiger partial charge in [-0.05, 0) is 86.5 Å². The van der Waals surface area contributed by atoms with E-state index in [0.29, 0.717) is 0 Å². The van der Waals surface area contributed by atoms with Gasteiger partial charge in [0.1, 0.15) is 5.82 Å². The van der Waals surface area contributed by atoms with E-state index in [-0.39, 0.29) is 10.8 Å². The van der Waals surface area contributed by atoms with Crippen LogP contribution < -0.4 is 5.32 Å². The minimum atomic E-state index is -0.661. The predicted octanol–water partition coefficient (Wildman–Crippen LogP) is 8.71. The van der Waals surface area contributed by atoms with Crippen LogP contribution in [0.2, 0.25) is 0 Å². The molecule has 0 saturated heterocycles. The molecule has 3 aromatic carbocycles. The van der Waals surface area contributed by atoms with Gasteiger partial charge in [0.15, 0.2) is 0 Å². The maximum Gasteiger partial charge on any atom is 0.127 e. The Kier molecular flexibility index (Phi) is 6.23. The summed E-state index contributed by atoms with van der Waals surface area (Å²) in [6, 6.07) is 22.6. The molecule has 0 aliphatic carbocycles. The van der Waals surface area contributed by atoms with Crippen LogP contribution >= 0.6 is 10.0 Å². The molecular weight excluding hydrogens is 432 g/mol. The zero-order chi connectivity index (χ0) is 24.9. The third kappa shape index (κ3) is 5.25. The number of hydrogen-bond donors (Lipinski definition) is 1. The Balaban J connectivity index is 2.00. The fourth-order valence-corrected chi connectivity index (χ4v) is 4.87. The van der Waals surface area contributed by atoms with Crippen LogP contribution in [0.5, 0.6) is 0 Å². The van der Waals surface area contributed by atoms with Crippen molar-refractivity contribution < 1.29 is 0 Å². The summed E-state index contributed by atoms with van der Waals surface area (Å²) in [6.07, 6.45) is 6.97. The van der Waals surface area contributed by atoms with Gasteiger partial charge in [-0.3, -0.25) is 0 Å². The SMILES string of the molecule is CC(C)(C)c1ccc2c(-c3cccc(NCS(C)(C)C)n3)c3cc(C(C)(C)C)ccc3cc2c1. The van der Waals surface area contributed by atoms with Gasteiger partial charge in [-0.15, -0.1) is 0 Å². The lowest BCUT2D eigenvalue weighted by atomic mass is 9.82. The molecule has 0 unspecified atom stereocenters. The van der Waals surface area contributed by atoms with Crippen molar-refractivity contribution in [2.24, 2.45) is 0 Å². The molecular formula is C31H40N2S. The number of fused-ring (bicyclic) bond motifs is 2. The molecule has 0 atom stereocenters. The highest BCUT2D eigenvalue weighted by Gasteiger charge is 2.19. The summed E-state index contributed by atoms with van der Waals surface area (Å²) in [5.41, 5.74) is 5.15. The smallest absolute Gasteiger partial charge is 0.127 e. The van der Waals surface area contributed by atoms with Crippen molar-refractivity contribution in [3.05, 3.63) is 71.8 Å². The number of nitrogens with one attached hydrogen (secondary N) is 1. The second kappa shape index (κ2) is 8.61. The highest BCUT2D eigenvalue weighted by molar-refractivity contribution is 8.32. The molecule has 2 nitrogen and oxygen atoms in total. The summed E-state index contributed by atoms with van der Waals surface area (Å²) >= 11 is 0. The highest BCUT2D eigenvalue weighted by Crippen LogP contribution is 2.40. The lowest BCUT2D eigenvalue weighted by molar-refractivity contribution is 0.590. The first kappa shape index (κ1) is 24.6. The molecule has 34 heavy (non-hydrogen) atoms. The van der Waals surface area contributed by atoms with E-state index < -0.39 is 10.0 Å². The summed E-state index contributed by atoms with van der Waals surface area (Å²) in [5, 5.41) is 8.66. The van der Waals surface area contributed by atoms with Crippen molar-refractivity contribution in [1.82, 2.24) is 4.98 Å². The van der Waals surface area contributed by atoms with Crippen molar-refractivity contribution in [3.8, 4) is 11.3 Å². The van der Waals surface area contributed by atoms with Gasteiger partial charge in [-0.1, -0.05) is 77.9 Å². The Bertz CT molecular complexity index is 1350. The van der Waals surface area contributed by atoms with Crippen LogP contribution in [0.4, 0.5) is 5.82 Å². The van der Waals surface area contributed by atoms with E-state index in [1.807, 2.05) is 0 Å². The van der Waals surface area contributed by atoms with Gasteiger partial charge in [0, 0.05) is 11.4 Å². The first-order valence-corrected chi connectivity index (χ1v) is 15.1. The average molecular weight is 473 g/mol. The number of benzene rings is 3. The molecule has 180 valence electrons. The fraction of sp³-hybridized carbons (Fsp3) is 0.387. The second-order valence-corrected chi connectivity index (χ2v) is 16.9. The van der Waals surface area contributed by atoms with E-state index in [4.69, 9.17) is 4.98 Å². The quantitative estimate of drug-likeness (QED) is 0.300. The van der Waals surface area contributed by atoms with Crippen LogP contribution in [0.3, 0.4) is 0 Å². The summed E-state index contributed by atoms with van der Waals surface area (Å²) in [6.45, 7) is 13.7. The van der Waals surface area contributed by atoms with Gasteiger partial charge >= 0.3 is 0 Å². The van der Waals surface area contributed by atoms with Gasteiger partial charge in [0.2, 0.25) is 0 Å². The molecule has 1 aromatic heterocycles. The van der Waals surface area contributed by atoms with Crippen LogP contribution in [0.25, 0.3) is 32.8 Å². The van der Waals surface area contributed by atoms with Gasteiger partial charge in [0.25, 0.3) is 0 Å². The zero-order valence-electron chi connectivity index (χ0n) is 22.3. The molecule has 0 saturated carbocycles.